The lowest BCUT2D eigenvalue weighted by molar-refractivity contribution is -0.131. The number of nitrogens with zero attached hydrogens (tertiary/aromatic N) is 1. The van der Waals surface area contributed by atoms with Crippen molar-refractivity contribution in [2.45, 2.75) is 45.6 Å². The molecule has 1 amide bonds. The molecule has 0 aliphatic carbocycles. The Morgan fingerprint density at radius 3 is 2.42 bits per heavy atom. The molecule has 106 valence electrons. The lowest BCUT2D eigenvalue weighted by Gasteiger charge is -2.24. The maximum Gasteiger partial charge on any atom is 0.222 e. The highest BCUT2D eigenvalue weighted by Gasteiger charge is 2.16. The van der Waals surface area contributed by atoms with E-state index in [0.29, 0.717) is 6.42 Å². The van der Waals surface area contributed by atoms with Crippen LogP contribution in [0.15, 0.2) is 30.3 Å². The van der Waals surface area contributed by atoms with Crippen molar-refractivity contribution in [3.8, 4) is 0 Å². The van der Waals surface area contributed by atoms with Crippen LogP contribution >= 0.6 is 0 Å². The normalized spacial score (nSPS) is 11.4. The molecular formula is C16H26N2O. The summed E-state index contributed by atoms with van der Waals surface area (Å²) in [7, 11) is 0. The van der Waals surface area contributed by atoms with Crippen molar-refractivity contribution in [3.05, 3.63) is 35.9 Å². The summed E-state index contributed by atoms with van der Waals surface area (Å²) in [4.78, 5) is 14.0. The molecule has 1 aromatic carbocycles. The molecule has 0 bridgehead atoms. The molecule has 0 unspecified atom stereocenters. The number of nitrogens with two attached hydrogens (primary N) is 1. The Morgan fingerprint density at radius 1 is 1.26 bits per heavy atom. The molecule has 0 heterocycles. The molecule has 0 radical (unpaired) electrons. The average Bonchev–Trinajstić information content (AvgIpc) is 2.37. The van der Waals surface area contributed by atoms with Gasteiger partial charge in [-0.1, -0.05) is 30.3 Å². The van der Waals surface area contributed by atoms with E-state index in [1.165, 1.54) is 5.56 Å². The fourth-order valence-electron chi connectivity index (χ4n) is 1.96. The van der Waals surface area contributed by atoms with E-state index in [-0.39, 0.29) is 11.4 Å². The number of likely N-dealkylation sites (N-methyl/N-ethyl adjacent to an activating group) is 1. The zero-order chi connectivity index (χ0) is 14.3. The molecule has 0 fully saturated rings. The fraction of sp³-hybridized carbons (Fsp3) is 0.562. The Morgan fingerprint density at radius 2 is 1.89 bits per heavy atom. The monoisotopic (exact) mass is 262 g/mol. The third-order valence-corrected chi connectivity index (χ3v) is 3.23. The van der Waals surface area contributed by atoms with Gasteiger partial charge in [0, 0.05) is 25.0 Å². The molecule has 0 atom stereocenters. The second kappa shape index (κ2) is 7.29. The molecule has 0 aromatic heterocycles. The first-order valence-electron chi connectivity index (χ1n) is 7.03. The van der Waals surface area contributed by atoms with Gasteiger partial charge in [0.2, 0.25) is 5.91 Å². The number of hydrogen-bond donors (Lipinski definition) is 1. The molecule has 2 N–H and O–H groups in total. The van der Waals surface area contributed by atoms with Crippen LogP contribution in [0.4, 0.5) is 0 Å². The predicted molar refractivity (Wildman–Crippen MR) is 79.9 cm³/mol. The minimum atomic E-state index is -0.269. The Bertz CT molecular complexity index is 381. The van der Waals surface area contributed by atoms with Gasteiger partial charge in [-0.05, 0) is 39.2 Å². The van der Waals surface area contributed by atoms with E-state index in [9.17, 15) is 4.79 Å². The van der Waals surface area contributed by atoms with Crippen LogP contribution in [0.25, 0.3) is 0 Å². The molecule has 3 heteroatoms. The van der Waals surface area contributed by atoms with Crippen molar-refractivity contribution in [1.29, 1.82) is 0 Å². The van der Waals surface area contributed by atoms with Crippen molar-refractivity contribution >= 4 is 5.91 Å². The zero-order valence-electron chi connectivity index (χ0n) is 12.4. The van der Waals surface area contributed by atoms with Gasteiger partial charge in [-0.25, -0.2) is 0 Å². The summed E-state index contributed by atoms with van der Waals surface area (Å²) in [5.74, 6) is 0.206. The van der Waals surface area contributed by atoms with Crippen LogP contribution in [0.3, 0.4) is 0 Å². The van der Waals surface area contributed by atoms with Gasteiger partial charge in [-0.3, -0.25) is 4.79 Å². The number of amides is 1. The second-order valence-corrected chi connectivity index (χ2v) is 5.70. The summed E-state index contributed by atoms with van der Waals surface area (Å²) < 4.78 is 0. The number of benzene rings is 1. The molecule has 0 aliphatic rings. The molecule has 1 rings (SSSR count). The Kier molecular flexibility index (Phi) is 6.03. The fourth-order valence-corrected chi connectivity index (χ4v) is 1.96. The summed E-state index contributed by atoms with van der Waals surface area (Å²) in [5, 5.41) is 0. The van der Waals surface area contributed by atoms with Gasteiger partial charge < -0.3 is 10.6 Å². The van der Waals surface area contributed by atoms with Gasteiger partial charge in [0.15, 0.2) is 0 Å². The summed E-state index contributed by atoms with van der Waals surface area (Å²) in [6, 6.07) is 10.3. The van der Waals surface area contributed by atoms with Crippen molar-refractivity contribution in [1.82, 2.24) is 4.90 Å². The van der Waals surface area contributed by atoms with Crippen molar-refractivity contribution < 1.29 is 4.79 Å². The van der Waals surface area contributed by atoms with Gasteiger partial charge in [-0.2, -0.15) is 0 Å². The molecule has 1 aromatic rings. The van der Waals surface area contributed by atoms with E-state index < -0.39 is 0 Å². The maximum atomic E-state index is 12.1. The van der Waals surface area contributed by atoms with E-state index in [0.717, 1.165) is 25.9 Å². The largest absolute Gasteiger partial charge is 0.343 e. The van der Waals surface area contributed by atoms with Gasteiger partial charge in [-0.15, -0.1) is 0 Å². The quantitative estimate of drug-likeness (QED) is 0.821. The second-order valence-electron chi connectivity index (χ2n) is 5.70. The van der Waals surface area contributed by atoms with E-state index in [2.05, 4.69) is 12.1 Å². The molecule has 3 nitrogen and oxygen atoms in total. The lowest BCUT2D eigenvalue weighted by Crippen LogP contribution is -2.37. The maximum absolute atomic E-state index is 12.1. The number of hydrogen-bond acceptors (Lipinski definition) is 2. The van der Waals surface area contributed by atoms with Gasteiger partial charge in [0.1, 0.15) is 0 Å². The highest BCUT2D eigenvalue weighted by atomic mass is 16.2. The molecule has 0 spiro atoms. The van der Waals surface area contributed by atoms with Crippen LogP contribution in [0.2, 0.25) is 0 Å². The van der Waals surface area contributed by atoms with Crippen molar-refractivity contribution in [3.63, 3.8) is 0 Å². The van der Waals surface area contributed by atoms with Crippen molar-refractivity contribution in [2.75, 3.05) is 13.1 Å². The third kappa shape index (κ3) is 6.39. The van der Waals surface area contributed by atoms with Crippen LogP contribution in [0, 0.1) is 0 Å². The van der Waals surface area contributed by atoms with Crippen LogP contribution < -0.4 is 5.73 Å². The van der Waals surface area contributed by atoms with Crippen LogP contribution in [-0.4, -0.2) is 29.4 Å². The van der Waals surface area contributed by atoms with Crippen LogP contribution in [0.5, 0.6) is 0 Å². The third-order valence-electron chi connectivity index (χ3n) is 3.23. The Balaban J connectivity index is 2.42. The smallest absolute Gasteiger partial charge is 0.222 e. The van der Waals surface area contributed by atoms with Gasteiger partial charge in [0.05, 0.1) is 0 Å². The summed E-state index contributed by atoms with van der Waals surface area (Å²) >= 11 is 0. The molecule has 0 saturated carbocycles. The first kappa shape index (κ1) is 15.7. The highest BCUT2D eigenvalue weighted by Crippen LogP contribution is 2.10. The minimum Gasteiger partial charge on any atom is -0.343 e. The van der Waals surface area contributed by atoms with E-state index in [1.54, 1.807) is 0 Å². The first-order valence-corrected chi connectivity index (χ1v) is 7.03. The molecular weight excluding hydrogens is 236 g/mol. The SMILES string of the molecule is CCN(CCc1ccccc1)C(=O)CCC(C)(C)N. The topological polar surface area (TPSA) is 46.3 Å². The van der Waals surface area contributed by atoms with E-state index in [1.807, 2.05) is 43.9 Å². The number of rotatable bonds is 7. The van der Waals surface area contributed by atoms with E-state index in [4.69, 9.17) is 5.73 Å². The molecule has 0 aliphatic heterocycles. The van der Waals surface area contributed by atoms with Crippen LogP contribution in [0.1, 0.15) is 39.2 Å². The Labute approximate surface area is 116 Å². The lowest BCUT2D eigenvalue weighted by atomic mass is 9.99. The number of carbonyl (C=O) groups is 1. The predicted octanol–water partition coefficient (Wildman–Crippen LogP) is 2.60. The zero-order valence-corrected chi connectivity index (χ0v) is 12.4. The van der Waals surface area contributed by atoms with E-state index >= 15 is 0 Å². The molecule has 0 saturated heterocycles. The van der Waals surface area contributed by atoms with Gasteiger partial charge in [0.25, 0.3) is 0 Å². The summed E-state index contributed by atoms with van der Waals surface area (Å²) in [6.07, 6.45) is 2.17. The first-order chi connectivity index (χ1) is 8.92. The average molecular weight is 262 g/mol. The minimum absolute atomic E-state index is 0.206. The van der Waals surface area contributed by atoms with Gasteiger partial charge >= 0.3 is 0 Å². The standard InChI is InChI=1S/C16H26N2O/c1-4-18(15(19)10-12-16(2,3)17)13-11-14-8-6-5-7-9-14/h5-9H,4,10-13,17H2,1-3H3. The van der Waals surface area contributed by atoms with Crippen molar-refractivity contribution in [2.24, 2.45) is 5.73 Å². The Hall–Kier alpha value is -1.35. The number of carbonyl (C=O) groups excluding carboxylic acids is 1. The highest BCUT2D eigenvalue weighted by molar-refractivity contribution is 5.76. The summed E-state index contributed by atoms with van der Waals surface area (Å²) in [6.45, 7) is 7.48. The van der Waals surface area contributed by atoms with Crippen LogP contribution in [-0.2, 0) is 11.2 Å². The summed E-state index contributed by atoms with van der Waals surface area (Å²) in [5.41, 5.74) is 6.92. The molecule has 19 heavy (non-hydrogen) atoms.